The number of aromatic nitrogens is 2. The van der Waals surface area contributed by atoms with E-state index in [-0.39, 0.29) is 6.03 Å². The Morgan fingerprint density at radius 2 is 1.48 bits per heavy atom. The van der Waals surface area contributed by atoms with Gasteiger partial charge in [0, 0.05) is 50.9 Å². The number of urea groups is 1. The van der Waals surface area contributed by atoms with E-state index in [0.717, 1.165) is 43.2 Å². The minimum absolute atomic E-state index is 0.216. The van der Waals surface area contributed by atoms with Crippen LogP contribution >= 0.6 is 15.9 Å². The largest absolute Gasteiger partial charge is 0.398 e. The maximum atomic E-state index is 12.0. The van der Waals surface area contributed by atoms with Crippen molar-refractivity contribution in [2.75, 3.05) is 11.1 Å². The van der Waals surface area contributed by atoms with Crippen molar-refractivity contribution in [1.82, 2.24) is 15.3 Å². The van der Waals surface area contributed by atoms with E-state index in [1.165, 1.54) is 0 Å². The summed E-state index contributed by atoms with van der Waals surface area (Å²) < 4.78 is 1.02. The number of amides is 2. The lowest BCUT2D eigenvalue weighted by atomic mass is 10.2. The highest BCUT2D eigenvalue weighted by Crippen LogP contribution is 2.22. The molecule has 2 amide bonds. The Morgan fingerprint density at radius 1 is 0.839 bits per heavy atom. The summed E-state index contributed by atoms with van der Waals surface area (Å²) in [5.74, 6) is 0. The summed E-state index contributed by atoms with van der Waals surface area (Å²) >= 11 is 3.39. The summed E-state index contributed by atoms with van der Waals surface area (Å²) in [7, 11) is 0. The minimum atomic E-state index is -0.216. The van der Waals surface area contributed by atoms with E-state index >= 15 is 0 Å². The molecule has 0 saturated heterocycles. The third kappa shape index (κ3) is 5.07. The van der Waals surface area contributed by atoms with E-state index in [0.29, 0.717) is 6.54 Å². The number of hydrogen-bond donors (Lipinski definition) is 5. The standard InChI is InChI=1S/C16H14BrN3O.C8H8N2/c17-12-6-4-11(5-7-12)10-19-16(21)20-15-3-1-2-14-13(15)8-9-18-14;9-7-2-1-3-8-6(7)4-5-10-8/h1-9,18H,10H2,(H2,19,20,21);1-5,10H,9H2. The predicted octanol–water partition coefficient (Wildman–Crippen LogP) is 6.00. The van der Waals surface area contributed by atoms with Crippen LogP contribution in [0.4, 0.5) is 16.2 Å². The highest BCUT2D eigenvalue weighted by molar-refractivity contribution is 9.10. The van der Waals surface area contributed by atoms with Crippen molar-refractivity contribution < 1.29 is 4.79 Å². The molecule has 0 radical (unpaired) electrons. The summed E-state index contributed by atoms with van der Waals surface area (Å²) in [6.45, 7) is 0.488. The first-order valence-corrected chi connectivity index (χ1v) is 10.6. The van der Waals surface area contributed by atoms with Gasteiger partial charge in [0.05, 0.1) is 5.69 Å². The molecule has 0 spiro atoms. The molecule has 2 heterocycles. The van der Waals surface area contributed by atoms with Gasteiger partial charge in [-0.2, -0.15) is 0 Å². The fourth-order valence-corrected chi connectivity index (χ4v) is 3.52. The number of halogens is 1. The predicted molar refractivity (Wildman–Crippen MR) is 131 cm³/mol. The average Bonchev–Trinajstić information content (AvgIpc) is 3.44. The van der Waals surface area contributed by atoms with Gasteiger partial charge in [0.1, 0.15) is 0 Å². The molecule has 5 rings (SSSR count). The van der Waals surface area contributed by atoms with Crippen molar-refractivity contribution in [3.8, 4) is 0 Å². The molecule has 7 heteroatoms. The number of hydrogen-bond acceptors (Lipinski definition) is 2. The highest BCUT2D eigenvalue weighted by Gasteiger charge is 2.05. The Morgan fingerprint density at radius 3 is 2.19 bits per heavy atom. The molecule has 3 aromatic carbocycles. The Bertz CT molecular complexity index is 1310. The third-order valence-electron chi connectivity index (χ3n) is 4.84. The molecule has 0 saturated carbocycles. The summed E-state index contributed by atoms with van der Waals surface area (Å²) in [5.41, 5.74) is 10.5. The molecule has 0 fully saturated rings. The number of H-pyrrole nitrogens is 2. The Labute approximate surface area is 188 Å². The molecule has 31 heavy (non-hydrogen) atoms. The van der Waals surface area contributed by atoms with E-state index in [4.69, 9.17) is 5.73 Å². The quantitative estimate of drug-likeness (QED) is 0.206. The Balaban J connectivity index is 0.000000192. The second kappa shape index (κ2) is 9.40. The topological polar surface area (TPSA) is 98.7 Å². The van der Waals surface area contributed by atoms with Gasteiger partial charge in [0.25, 0.3) is 0 Å². The van der Waals surface area contributed by atoms with Crippen LogP contribution in [-0.4, -0.2) is 16.0 Å². The molecule has 0 aliphatic heterocycles. The van der Waals surface area contributed by atoms with E-state index in [2.05, 4.69) is 36.5 Å². The lowest BCUT2D eigenvalue weighted by molar-refractivity contribution is 0.252. The normalized spacial score (nSPS) is 10.5. The van der Waals surface area contributed by atoms with Gasteiger partial charge < -0.3 is 26.3 Å². The molecular weight excluding hydrogens is 454 g/mol. The van der Waals surface area contributed by atoms with Gasteiger partial charge in [-0.3, -0.25) is 0 Å². The number of nitrogen functional groups attached to an aromatic ring is 1. The van der Waals surface area contributed by atoms with Crippen LogP contribution in [-0.2, 0) is 6.54 Å². The number of carbonyl (C=O) groups is 1. The van der Waals surface area contributed by atoms with Crippen molar-refractivity contribution >= 4 is 55.1 Å². The molecule has 6 N–H and O–H groups in total. The van der Waals surface area contributed by atoms with Gasteiger partial charge in [-0.05, 0) is 54.1 Å². The molecule has 0 aliphatic rings. The minimum Gasteiger partial charge on any atom is -0.398 e. The van der Waals surface area contributed by atoms with Crippen LogP contribution in [0.5, 0.6) is 0 Å². The number of anilines is 2. The smallest absolute Gasteiger partial charge is 0.319 e. The fraction of sp³-hybridized carbons (Fsp3) is 0.0417. The van der Waals surface area contributed by atoms with E-state index in [1.807, 2.05) is 85.2 Å². The Hall–Kier alpha value is -3.71. The first kappa shape index (κ1) is 20.6. The van der Waals surface area contributed by atoms with Crippen LogP contribution in [0.1, 0.15) is 5.56 Å². The van der Waals surface area contributed by atoms with Gasteiger partial charge >= 0.3 is 6.03 Å². The zero-order valence-electron chi connectivity index (χ0n) is 16.7. The number of fused-ring (bicyclic) bond motifs is 2. The van der Waals surface area contributed by atoms with E-state index < -0.39 is 0 Å². The fourth-order valence-electron chi connectivity index (χ4n) is 3.26. The zero-order valence-corrected chi connectivity index (χ0v) is 18.2. The third-order valence-corrected chi connectivity index (χ3v) is 5.37. The van der Waals surface area contributed by atoms with Gasteiger partial charge in [-0.1, -0.05) is 40.2 Å². The maximum absolute atomic E-state index is 12.0. The van der Waals surface area contributed by atoms with Gasteiger partial charge in [0.2, 0.25) is 0 Å². The van der Waals surface area contributed by atoms with E-state index in [9.17, 15) is 4.79 Å². The second-order valence-electron chi connectivity index (χ2n) is 6.96. The number of benzene rings is 3. The van der Waals surface area contributed by atoms with E-state index in [1.54, 1.807) is 0 Å². The highest BCUT2D eigenvalue weighted by atomic mass is 79.9. The lowest BCUT2D eigenvalue weighted by Gasteiger charge is -2.09. The number of carbonyl (C=O) groups excluding carboxylic acids is 1. The van der Waals surface area contributed by atoms with Crippen LogP contribution in [0, 0.1) is 0 Å². The van der Waals surface area contributed by atoms with Crippen LogP contribution in [0.3, 0.4) is 0 Å². The summed E-state index contributed by atoms with van der Waals surface area (Å²) in [6.07, 6.45) is 3.75. The summed E-state index contributed by atoms with van der Waals surface area (Å²) in [4.78, 5) is 18.2. The van der Waals surface area contributed by atoms with Crippen molar-refractivity contribution in [3.63, 3.8) is 0 Å². The zero-order chi connectivity index (χ0) is 21.6. The summed E-state index contributed by atoms with van der Waals surface area (Å²) in [6, 6.07) is 23.2. The van der Waals surface area contributed by atoms with Crippen molar-refractivity contribution in [2.45, 2.75) is 6.54 Å². The molecular formula is C24H22BrN5O. The van der Waals surface area contributed by atoms with Gasteiger partial charge in [0.15, 0.2) is 0 Å². The number of aromatic amines is 2. The number of nitrogens with one attached hydrogen (secondary N) is 4. The average molecular weight is 476 g/mol. The first-order chi connectivity index (χ1) is 15.1. The molecule has 0 aliphatic carbocycles. The second-order valence-corrected chi connectivity index (χ2v) is 7.88. The van der Waals surface area contributed by atoms with Crippen molar-refractivity contribution in [1.29, 1.82) is 0 Å². The molecule has 0 bridgehead atoms. The van der Waals surface area contributed by atoms with Crippen molar-refractivity contribution in [3.05, 3.63) is 95.2 Å². The van der Waals surface area contributed by atoms with Gasteiger partial charge in [-0.15, -0.1) is 0 Å². The van der Waals surface area contributed by atoms with Crippen LogP contribution in [0.2, 0.25) is 0 Å². The molecule has 0 atom stereocenters. The first-order valence-electron chi connectivity index (χ1n) is 9.77. The molecule has 5 aromatic rings. The molecule has 0 unspecified atom stereocenters. The van der Waals surface area contributed by atoms with Crippen LogP contribution in [0.25, 0.3) is 21.8 Å². The molecule has 156 valence electrons. The number of rotatable bonds is 3. The SMILES string of the molecule is Nc1cccc2[nH]ccc12.O=C(NCc1ccc(Br)cc1)Nc1cccc2[nH]ccc12. The van der Waals surface area contributed by atoms with Crippen LogP contribution in [0.15, 0.2) is 89.7 Å². The maximum Gasteiger partial charge on any atom is 0.319 e. The monoisotopic (exact) mass is 475 g/mol. The summed E-state index contributed by atoms with van der Waals surface area (Å²) in [5, 5.41) is 7.82. The molecule has 6 nitrogen and oxygen atoms in total. The van der Waals surface area contributed by atoms with Crippen molar-refractivity contribution in [2.24, 2.45) is 0 Å². The number of nitrogens with two attached hydrogens (primary N) is 1. The molecule has 2 aromatic heterocycles. The Kier molecular flexibility index (Phi) is 6.24. The van der Waals surface area contributed by atoms with Gasteiger partial charge in [-0.25, -0.2) is 4.79 Å². The van der Waals surface area contributed by atoms with Crippen LogP contribution < -0.4 is 16.4 Å². The lowest BCUT2D eigenvalue weighted by Crippen LogP contribution is -2.28.